The van der Waals surface area contributed by atoms with Crippen LogP contribution in [0.25, 0.3) is 0 Å². The van der Waals surface area contributed by atoms with Gasteiger partial charge in [0.05, 0.1) is 4.92 Å². The zero-order valence-corrected chi connectivity index (χ0v) is 10.6. The van der Waals surface area contributed by atoms with Crippen LogP contribution in [0.4, 0.5) is 11.4 Å². The molecule has 0 bridgehead atoms. The van der Waals surface area contributed by atoms with E-state index in [0.29, 0.717) is 17.3 Å². The molecule has 5 heteroatoms. The van der Waals surface area contributed by atoms with Gasteiger partial charge in [-0.2, -0.15) is 0 Å². The molecule has 0 aliphatic carbocycles. The monoisotopic (exact) mass is 249 g/mol. The maximum atomic E-state index is 11.0. The van der Waals surface area contributed by atoms with Gasteiger partial charge in [-0.15, -0.1) is 0 Å². The minimum atomic E-state index is -0.314. The molecule has 5 nitrogen and oxygen atoms in total. The molecule has 98 valence electrons. The highest BCUT2D eigenvalue weighted by Crippen LogP contribution is 2.27. The van der Waals surface area contributed by atoms with Crippen LogP contribution in [0.3, 0.4) is 0 Å². The van der Waals surface area contributed by atoms with Crippen LogP contribution in [0.5, 0.6) is 0 Å². The minimum absolute atomic E-state index is 0.192. The highest BCUT2D eigenvalue weighted by Gasteiger charge is 2.17. The average molecular weight is 249 g/mol. The summed E-state index contributed by atoms with van der Waals surface area (Å²) in [6, 6.07) is 5.94. The average Bonchev–Trinajstić information content (AvgIpc) is 2.81. The fourth-order valence-corrected chi connectivity index (χ4v) is 2.43. The molecule has 1 fully saturated rings. The van der Waals surface area contributed by atoms with Crippen molar-refractivity contribution < 1.29 is 4.92 Å². The molecule has 1 heterocycles. The van der Waals surface area contributed by atoms with E-state index >= 15 is 0 Å². The van der Waals surface area contributed by atoms with Crippen LogP contribution in [-0.2, 0) is 0 Å². The van der Waals surface area contributed by atoms with Gasteiger partial charge in [0.1, 0.15) is 5.69 Å². The number of nitrogens with zero attached hydrogens (tertiary/aromatic N) is 1. The molecule has 1 aliphatic heterocycles. The lowest BCUT2D eigenvalue weighted by Crippen LogP contribution is -2.24. The van der Waals surface area contributed by atoms with E-state index in [-0.39, 0.29) is 10.6 Å². The summed E-state index contributed by atoms with van der Waals surface area (Å²) in [5, 5.41) is 17.6. The predicted molar refractivity (Wildman–Crippen MR) is 72.0 cm³/mol. The second-order valence-corrected chi connectivity index (χ2v) is 4.74. The molecule has 1 saturated heterocycles. The lowest BCUT2D eigenvalue weighted by molar-refractivity contribution is -0.384. The van der Waals surface area contributed by atoms with Crippen LogP contribution < -0.4 is 10.6 Å². The molecule has 0 radical (unpaired) electrons. The first-order valence-corrected chi connectivity index (χ1v) is 6.40. The molecule has 0 saturated carbocycles. The first-order chi connectivity index (χ1) is 8.68. The third kappa shape index (κ3) is 2.98. The van der Waals surface area contributed by atoms with Crippen molar-refractivity contribution in [3.8, 4) is 0 Å². The van der Waals surface area contributed by atoms with Crippen LogP contribution in [-0.4, -0.2) is 24.1 Å². The van der Waals surface area contributed by atoms with Crippen molar-refractivity contribution in [2.45, 2.75) is 32.2 Å². The van der Waals surface area contributed by atoms with Crippen LogP contribution in [0.2, 0.25) is 0 Å². The Morgan fingerprint density at radius 2 is 2.39 bits per heavy atom. The first-order valence-electron chi connectivity index (χ1n) is 6.40. The number of nitro groups is 1. The second-order valence-electron chi connectivity index (χ2n) is 4.74. The maximum Gasteiger partial charge on any atom is 0.295 e. The van der Waals surface area contributed by atoms with Gasteiger partial charge in [0.15, 0.2) is 0 Å². The third-order valence-electron chi connectivity index (χ3n) is 3.39. The molecule has 1 aromatic rings. The van der Waals surface area contributed by atoms with E-state index in [4.69, 9.17) is 0 Å². The Labute approximate surface area is 107 Å². The quantitative estimate of drug-likeness (QED) is 0.621. The summed E-state index contributed by atoms with van der Waals surface area (Å²) in [7, 11) is 0. The number of benzene rings is 1. The van der Waals surface area contributed by atoms with Gasteiger partial charge in [0, 0.05) is 18.2 Å². The highest BCUT2D eigenvalue weighted by molar-refractivity contribution is 5.64. The molecule has 2 rings (SSSR count). The largest absolute Gasteiger partial charge is 0.379 e. The smallest absolute Gasteiger partial charge is 0.295 e. The molecular formula is C13H19N3O2. The molecule has 0 spiro atoms. The normalized spacial score (nSPS) is 18.8. The topological polar surface area (TPSA) is 67.2 Å². The maximum absolute atomic E-state index is 11.0. The van der Waals surface area contributed by atoms with Gasteiger partial charge in [-0.3, -0.25) is 10.1 Å². The van der Waals surface area contributed by atoms with Gasteiger partial charge in [-0.05, 0) is 38.8 Å². The summed E-state index contributed by atoms with van der Waals surface area (Å²) in [6.07, 6.45) is 3.44. The summed E-state index contributed by atoms with van der Waals surface area (Å²) in [6.45, 7) is 3.62. The van der Waals surface area contributed by atoms with E-state index in [1.807, 2.05) is 6.07 Å². The molecule has 0 unspecified atom stereocenters. The molecule has 2 N–H and O–H groups in total. The van der Waals surface area contributed by atoms with Gasteiger partial charge >= 0.3 is 0 Å². The summed E-state index contributed by atoms with van der Waals surface area (Å²) >= 11 is 0. The molecule has 1 atom stereocenters. The second kappa shape index (κ2) is 5.82. The number of rotatable bonds is 5. The molecular weight excluding hydrogens is 230 g/mol. The van der Waals surface area contributed by atoms with Gasteiger partial charge in [0.2, 0.25) is 0 Å². The van der Waals surface area contributed by atoms with Crippen molar-refractivity contribution in [2.24, 2.45) is 0 Å². The summed E-state index contributed by atoms with van der Waals surface area (Å²) < 4.78 is 0. The summed E-state index contributed by atoms with van der Waals surface area (Å²) in [5.41, 5.74) is 1.51. The highest BCUT2D eigenvalue weighted by atomic mass is 16.6. The fourth-order valence-electron chi connectivity index (χ4n) is 2.43. The van der Waals surface area contributed by atoms with Crippen molar-refractivity contribution in [2.75, 3.05) is 18.4 Å². The Balaban J connectivity index is 1.96. The molecule has 1 aromatic carbocycles. The number of nitrogens with one attached hydrogen (secondary N) is 2. The Kier molecular flexibility index (Phi) is 4.15. The van der Waals surface area contributed by atoms with Crippen molar-refractivity contribution in [3.63, 3.8) is 0 Å². The van der Waals surface area contributed by atoms with Crippen molar-refractivity contribution >= 4 is 11.4 Å². The van der Waals surface area contributed by atoms with Crippen molar-refractivity contribution in [1.29, 1.82) is 0 Å². The van der Waals surface area contributed by atoms with E-state index in [0.717, 1.165) is 19.5 Å². The number of hydrogen-bond donors (Lipinski definition) is 2. The third-order valence-corrected chi connectivity index (χ3v) is 3.39. The molecule has 18 heavy (non-hydrogen) atoms. The van der Waals surface area contributed by atoms with Crippen LogP contribution in [0.15, 0.2) is 18.2 Å². The Bertz CT molecular complexity index is 428. The van der Waals surface area contributed by atoms with Gasteiger partial charge in [-0.1, -0.05) is 12.1 Å². The van der Waals surface area contributed by atoms with Crippen LogP contribution >= 0.6 is 0 Å². The minimum Gasteiger partial charge on any atom is -0.379 e. The molecule has 0 aromatic heterocycles. The van der Waals surface area contributed by atoms with Crippen molar-refractivity contribution in [1.82, 2.24) is 5.32 Å². The van der Waals surface area contributed by atoms with Gasteiger partial charge in [0.25, 0.3) is 5.69 Å². The lowest BCUT2D eigenvalue weighted by Gasteiger charge is -2.12. The number of para-hydroxylation sites is 1. The predicted octanol–water partition coefficient (Wildman–Crippen LogP) is 2.46. The van der Waals surface area contributed by atoms with Gasteiger partial charge in [-0.25, -0.2) is 0 Å². The number of hydrogen-bond acceptors (Lipinski definition) is 4. The molecule has 0 amide bonds. The van der Waals surface area contributed by atoms with E-state index in [9.17, 15) is 10.1 Å². The van der Waals surface area contributed by atoms with Crippen molar-refractivity contribution in [3.05, 3.63) is 33.9 Å². The van der Waals surface area contributed by atoms with E-state index in [1.54, 1.807) is 19.1 Å². The van der Waals surface area contributed by atoms with Crippen LogP contribution in [0, 0.1) is 17.0 Å². The summed E-state index contributed by atoms with van der Waals surface area (Å²) in [4.78, 5) is 10.7. The Morgan fingerprint density at radius 3 is 3.06 bits per heavy atom. The zero-order chi connectivity index (χ0) is 13.0. The van der Waals surface area contributed by atoms with E-state index < -0.39 is 0 Å². The Morgan fingerprint density at radius 1 is 1.56 bits per heavy atom. The fraction of sp³-hybridized carbons (Fsp3) is 0.538. The standard InChI is InChI=1S/C13H19N3O2/c1-10-4-2-6-12(13(10)16(17)18)15-9-7-11-5-3-8-14-11/h2,4,6,11,14-15H,3,5,7-9H2,1H3/t11-/m0/s1. The lowest BCUT2D eigenvalue weighted by atomic mass is 10.1. The molecule has 1 aliphatic rings. The zero-order valence-electron chi connectivity index (χ0n) is 10.6. The van der Waals surface area contributed by atoms with Gasteiger partial charge < -0.3 is 10.6 Å². The first kappa shape index (κ1) is 12.8. The number of nitro benzene ring substituents is 1. The summed E-state index contributed by atoms with van der Waals surface area (Å²) in [5.74, 6) is 0. The van der Waals surface area contributed by atoms with Crippen LogP contribution in [0.1, 0.15) is 24.8 Å². The van der Waals surface area contributed by atoms with E-state index in [1.165, 1.54) is 12.8 Å². The SMILES string of the molecule is Cc1cccc(NCC[C@@H]2CCCN2)c1[N+](=O)[O-]. The Hall–Kier alpha value is -1.62. The number of aryl methyl sites for hydroxylation is 1. The number of anilines is 1. The van der Waals surface area contributed by atoms with E-state index in [2.05, 4.69) is 10.6 Å².